The minimum absolute atomic E-state index is 0.0577. The van der Waals surface area contributed by atoms with Gasteiger partial charge in [0.2, 0.25) is 11.8 Å². The second kappa shape index (κ2) is 16.3. The van der Waals surface area contributed by atoms with E-state index < -0.39 is 46.2 Å². The van der Waals surface area contributed by atoms with Crippen LogP contribution in [0.3, 0.4) is 0 Å². The van der Waals surface area contributed by atoms with Crippen molar-refractivity contribution in [2.75, 3.05) is 10.8 Å². The zero-order chi connectivity index (χ0) is 35.9. The van der Waals surface area contributed by atoms with E-state index in [4.69, 9.17) is 23.2 Å². The molecule has 2 amide bonds. The molecule has 264 valence electrons. The molecule has 4 aromatic carbocycles. The zero-order valence-electron chi connectivity index (χ0n) is 27.0. The first-order valence-electron chi connectivity index (χ1n) is 16.2. The molecule has 1 N–H and O–H groups in total. The minimum atomic E-state index is -4.78. The predicted molar refractivity (Wildman–Crippen MR) is 188 cm³/mol. The number of sulfonamides is 1. The predicted octanol–water partition coefficient (Wildman–Crippen LogP) is 8.30. The summed E-state index contributed by atoms with van der Waals surface area (Å²) in [4.78, 5) is 29.9. The maximum atomic E-state index is 14.7. The largest absolute Gasteiger partial charge is 0.416 e. The number of hydrogen-bond donors (Lipinski definition) is 1. The normalized spacial score (nSPS) is 14.5. The highest BCUT2D eigenvalue weighted by atomic mass is 35.5. The Balaban J connectivity index is 1.62. The van der Waals surface area contributed by atoms with Crippen LogP contribution in [-0.2, 0) is 38.8 Å². The molecule has 0 bridgehead atoms. The molecule has 13 heteroatoms. The van der Waals surface area contributed by atoms with Crippen molar-refractivity contribution in [2.24, 2.45) is 0 Å². The molecule has 5 rings (SSSR count). The molecule has 0 radical (unpaired) electrons. The minimum Gasteiger partial charge on any atom is -0.352 e. The molecule has 0 saturated heterocycles. The highest BCUT2D eigenvalue weighted by molar-refractivity contribution is 7.92. The van der Waals surface area contributed by atoms with Crippen LogP contribution >= 0.6 is 23.2 Å². The van der Waals surface area contributed by atoms with Gasteiger partial charge in [0.25, 0.3) is 10.0 Å². The lowest BCUT2D eigenvalue weighted by Crippen LogP contribution is -2.55. The van der Waals surface area contributed by atoms with Gasteiger partial charge < -0.3 is 10.2 Å². The molecule has 1 aliphatic carbocycles. The number of benzene rings is 4. The Bertz CT molecular complexity index is 1870. The van der Waals surface area contributed by atoms with E-state index in [9.17, 15) is 31.2 Å². The van der Waals surface area contributed by atoms with E-state index in [0.717, 1.165) is 49.8 Å². The lowest BCUT2D eigenvalue weighted by molar-refractivity contribution is -0.140. The fourth-order valence-electron chi connectivity index (χ4n) is 6.04. The van der Waals surface area contributed by atoms with Crippen LogP contribution in [0.1, 0.15) is 48.8 Å². The van der Waals surface area contributed by atoms with Crippen LogP contribution in [0.5, 0.6) is 0 Å². The number of carbonyl (C=O) groups is 2. The molecule has 0 unspecified atom stereocenters. The molecule has 4 aromatic rings. The van der Waals surface area contributed by atoms with Gasteiger partial charge in [-0.1, -0.05) is 103 Å². The molecule has 1 saturated carbocycles. The van der Waals surface area contributed by atoms with Crippen molar-refractivity contribution in [1.29, 1.82) is 0 Å². The maximum absolute atomic E-state index is 14.7. The van der Waals surface area contributed by atoms with Crippen LogP contribution in [-0.4, -0.2) is 43.8 Å². The molecule has 0 spiro atoms. The fourth-order valence-corrected chi connectivity index (χ4v) is 7.98. The van der Waals surface area contributed by atoms with Crippen LogP contribution in [0.15, 0.2) is 108 Å². The van der Waals surface area contributed by atoms with E-state index in [1.807, 2.05) is 6.07 Å². The topological polar surface area (TPSA) is 86.8 Å². The molecule has 7 nitrogen and oxygen atoms in total. The number of amides is 2. The second-order valence-electron chi connectivity index (χ2n) is 12.1. The Kier molecular flexibility index (Phi) is 12.1. The first-order chi connectivity index (χ1) is 23.8. The van der Waals surface area contributed by atoms with E-state index in [2.05, 4.69) is 5.32 Å². The smallest absolute Gasteiger partial charge is 0.352 e. The highest BCUT2D eigenvalue weighted by Crippen LogP contribution is 2.34. The molecule has 0 aromatic heterocycles. The van der Waals surface area contributed by atoms with E-state index in [-0.39, 0.29) is 39.6 Å². The summed E-state index contributed by atoms with van der Waals surface area (Å²) < 4.78 is 70.4. The van der Waals surface area contributed by atoms with Crippen molar-refractivity contribution in [3.8, 4) is 0 Å². The Hall–Kier alpha value is -4.06. The third-order valence-electron chi connectivity index (χ3n) is 8.68. The van der Waals surface area contributed by atoms with Crippen molar-refractivity contribution in [3.05, 3.63) is 130 Å². The number of halogens is 5. The molecule has 0 aliphatic heterocycles. The van der Waals surface area contributed by atoms with Gasteiger partial charge in [-0.25, -0.2) is 8.42 Å². The Morgan fingerprint density at radius 3 is 2.04 bits per heavy atom. The number of carbonyl (C=O) groups excluding carboxylic acids is 2. The number of rotatable bonds is 12. The van der Waals surface area contributed by atoms with E-state index in [0.29, 0.717) is 15.9 Å². The van der Waals surface area contributed by atoms with Crippen molar-refractivity contribution in [2.45, 2.75) is 68.2 Å². The summed E-state index contributed by atoms with van der Waals surface area (Å²) >= 11 is 13.1. The fraction of sp³-hybridized carbons (Fsp3) is 0.297. The number of nitrogens with one attached hydrogen (secondary N) is 1. The molecule has 1 atom stereocenters. The van der Waals surface area contributed by atoms with Gasteiger partial charge in [-0.05, 0) is 60.9 Å². The average molecular weight is 747 g/mol. The number of alkyl halides is 3. The monoisotopic (exact) mass is 745 g/mol. The average Bonchev–Trinajstić information content (AvgIpc) is 3.10. The van der Waals surface area contributed by atoms with Crippen LogP contribution in [0.25, 0.3) is 0 Å². The van der Waals surface area contributed by atoms with Gasteiger partial charge in [0, 0.05) is 34.6 Å². The van der Waals surface area contributed by atoms with Crippen molar-refractivity contribution in [3.63, 3.8) is 0 Å². The van der Waals surface area contributed by atoms with Crippen LogP contribution in [0, 0.1) is 0 Å². The van der Waals surface area contributed by atoms with Crippen molar-refractivity contribution in [1.82, 2.24) is 10.2 Å². The van der Waals surface area contributed by atoms with E-state index in [1.54, 1.807) is 48.5 Å². The van der Waals surface area contributed by atoms with Crippen LogP contribution in [0.2, 0.25) is 10.0 Å². The summed E-state index contributed by atoms with van der Waals surface area (Å²) in [6, 6.07) is 23.4. The second-order valence-corrected chi connectivity index (χ2v) is 14.8. The summed E-state index contributed by atoms with van der Waals surface area (Å²) in [6.07, 6.45) is -0.254. The number of nitrogens with zero attached hydrogens (tertiary/aromatic N) is 2. The van der Waals surface area contributed by atoms with Gasteiger partial charge >= 0.3 is 6.18 Å². The third kappa shape index (κ3) is 9.18. The summed E-state index contributed by atoms with van der Waals surface area (Å²) in [6.45, 7) is -1.21. The van der Waals surface area contributed by atoms with Gasteiger partial charge in [-0.15, -0.1) is 0 Å². The van der Waals surface area contributed by atoms with Crippen LogP contribution in [0.4, 0.5) is 18.9 Å². The van der Waals surface area contributed by atoms with Gasteiger partial charge in [0.05, 0.1) is 16.1 Å². The Labute approximate surface area is 300 Å². The Morgan fingerprint density at radius 2 is 1.42 bits per heavy atom. The molecule has 1 fully saturated rings. The van der Waals surface area contributed by atoms with Crippen molar-refractivity contribution < 1.29 is 31.2 Å². The summed E-state index contributed by atoms with van der Waals surface area (Å²) in [5, 5.41) is 3.53. The van der Waals surface area contributed by atoms with Gasteiger partial charge in [-0.2, -0.15) is 13.2 Å². The summed E-state index contributed by atoms with van der Waals surface area (Å²) in [5.74, 6) is -1.30. The number of anilines is 1. The zero-order valence-corrected chi connectivity index (χ0v) is 29.3. The van der Waals surface area contributed by atoms with Gasteiger partial charge in [0.15, 0.2) is 0 Å². The van der Waals surface area contributed by atoms with Crippen LogP contribution < -0.4 is 9.62 Å². The van der Waals surface area contributed by atoms with E-state index >= 15 is 0 Å². The SMILES string of the molecule is O=C(NC1CCCCC1)[C@@H](Cc1ccccc1)N(Cc1c(Cl)cccc1Cl)C(=O)CN(c1cccc(C(F)(F)F)c1)S(=O)(=O)c1ccccc1. The van der Waals surface area contributed by atoms with E-state index in [1.165, 1.54) is 35.2 Å². The summed E-state index contributed by atoms with van der Waals surface area (Å²) in [7, 11) is -4.60. The quantitative estimate of drug-likeness (QED) is 0.158. The lowest BCUT2D eigenvalue weighted by Gasteiger charge is -2.35. The Morgan fingerprint density at radius 1 is 0.820 bits per heavy atom. The maximum Gasteiger partial charge on any atom is 0.416 e. The molecule has 0 heterocycles. The standard InChI is InChI=1S/C37H36Cl2F3N3O4S/c38-32-20-11-21-33(39)31(32)24-44(34(22-26-12-4-1-5-13-26)36(47)43-28-15-6-2-7-16-28)35(46)25-45(50(48,49)30-18-8-3-9-19-30)29-17-10-14-27(23-29)37(40,41)42/h1,3-5,8-14,17-21,23,28,34H,2,6-7,15-16,22,24-25H2,(H,43,47)/t34-/m1/s1. The van der Waals surface area contributed by atoms with Gasteiger partial charge in [-0.3, -0.25) is 13.9 Å². The lowest BCUT2D eigenvalue weighted by atomic mass is 9.94. The molecule has 1 aliphatic rings. The first-order valence-corrected chi connectivity index (χ1v) is 18.4. The van der Waals surface area contributed by atoms with Crippen molar-refractivity contribution >= 4 is 50.7 Å². The molecular formula is C37H36Cl2F3N3O4S. The third-order valence-corrected chi connectivity index (χ3v) is 11.2. The first kappa shape index (κ1) is 37.2. The number of hydrogen-bond acceptors (Lipinski definition) is 4. The molecular weight excluding hydrogens is 710 g/mol. The van der Waals surface area contributed by atoms with Gasteiger partial charge in [0.1, 0.15) is 12.6 Å². The molecule has 50 heavy (non-hydrogen) atoms. The highest BCUT2D eigenvalue weighted by Gasteiger charge is 2.37. The summed E-state index contributed by atoms with van der Waals surface area (Å²) in [5.41, 5.74) is -0.418.